The minimum absolute atomic E-state index is 0.830. The van der Waals surface area contributed by atoms with Crippen LogP contribution in [0.2, 0.25) is 0 Å². The van der Waals surface area contributed by atoms with Gasteiger partial charge in [0.25, 0.3) is 0 Å². The summed E-state index contributed by atoms with van der Waals surface area (Å²) in [5, 5.41) is 0. The maximum Gasteiger partial charge on any atom is -0.0169 e. The lowest BCUT2D eigenvalue weighted by atomic mass is 9.82. The second-order valence-electron chi connectivity index (χ2n) is 3.65. The third kappa shape index (κ3) is 2.51. The van der Waals surface area contributed by atoms with Gasteiger partial charge in [0.1, 0.15) is 0 Å². The lowest BCUT2D eigenvalue weighted by Crippen LogP contribution is -2.08. The summed E-state index contributed by atoms with van der Waals surface area (Å²) in [7, 11) is 0. The molecule has 0 radical (unpaired) electrons. The highest BCUT2D eigenvalue weighted by atomic mass is 14.2. The molecule has 0 heteroatoms. The molecule has 0 saturated heterocycles. The summed E-state index contributed by atoms with van der Waals surface area (Å²) in [5.74, 6) is 0.830. The zero-order valence-electron chi connectivity index (χ0n) is 8.18. The van der Waals surface area contributed by atoms with Gasteiger partial charge < -0.3 is 0 Å². The summed E-state index contributed by atoms with van der Waals surface area (Å²) < 4.78 is 0. The van der Waals surface area contributed by atoms with Gasteiger partial charge in [-0.1, -0.05) is 31.1 Å². The van der Waals surface area contributed by atoms with Crippen LogP contribution in [0.1, 0.15) is 45.4 Å². The van der Waals surface area contributed by atoms with Crippen molar-refractivity contribution in [3.8, 4) is 0 Å². The van der Waals surface area contributed by atoms with Crippen LogP contribution < -0.4 is 0 Å². The highest BCUT2D eigenvalue weighted by Crippen LogP contribution is 2.31. The van der Waals surface area contributed by atoms with Crippen LogP contribution in [0.3, 0.4) is 0 Å². The molecule has 1 fully saturated rings. The lowest BCUT2D eigenvalue weighted by molar-refractivity contribution is 0.455. The van der Waals surface area contributed by atoms with Crippen LogP contribution in [0, 0.1) is 5.92 Å². The molecule has 0 bridgehead atoms. The first-order valence-electron chi connectivity index (χ1n) is 5.18. The first-order valence-corrected chi connectivity index (χ1v) is 5.18. The van der Waals surface area contributed by atoms with E-state index < -0.39 is 0 Å². The topological polar surface area (TPSA) is 0 Å². The normalized spacial score (nSPS) is 27.4. The van der Waals surface area contributed by atoms with Gasteiger partial charge in [0, 0.05) is 0 Å². The summed E-state index contributed by atoms with van der Waals surface area (Å²) in [6.45, 7) is 6.05. The standard InChI is InChI=1S/C12H20/c1-3-7-11-9-5-6-10-12(11)8-4-2/h3,8,11H,1,4-7,9-10H2,2H3/b12-8+. The average molecular weight is 164 g/mol. The minimum Gasteiger partial charge on any atom is -0.103 e. The van der Waals surface area contributed by atoms with E-state index in [1.165, 1.54) is 38.5 Å². The van der Waals surface area contributed by atoms with Crippen molar-refractivity contribution < 1.29 is 0 Å². The van der Waals surface area contributed by atoms with Gasteiger partial charge in [-0.05, 0) is 38.0 Å². The average Bonchev–Trinajstić information content (AvgIpc) is 2.09. The molecule has 0 aliphatic heterocycles. The van der Waals surface area contributed by atoms with Crippen LogP contribution in [0.4, 0.5) is 0 Å². The molecule has 1 aliphatic carbocycles. The van der Waals surface area contributed by atoms with Crippen LogP contribution >= 0.6 is 0 Å². The highest BCUT2D eigenvalue weighted by molar-refractivity contribution is 5.10. The van der Waals surface area contributed by atoms with E-state index in [1.54, 1.807) is 5.57 Å². The van der Waals surface area contributed by atoms with Gasteiger partial charge in [-0.15, -0.1) is 6.58 Å². The molecule has 0 nitrogen and oxygen atoms in total. The maximum absolute atomic E-state index is 3.82. The Morgan fingerprint density at radius 1 is 1.50 bits per heavy atom. The van der Waals surface area contributed by atoms with Gasteiger partial charge in [-0.25, -0.2) is 0 Å². The van der Waals surface area contributed by atoms with Crippen molar-refractivity contribution in [2.45, 2.75) is 45.4 Å². The molecule has 0 spiro atoms. The van der Waals surface area contributed by atoms with E-state index in [4.69, 9.17) is 0 Å². The molecule has 0 heterocycles. The second kappa shape index (κ2) is 5.18. The van der Waals surface area contributed by atoms with Crippen molar-refractivity contribution in [2.75, 3.05) is 0 Å². The third-order valence-corrected chi connectivity index (χ3v) is 2.71. The Bertz CT molecular complexity index is 165. The van der Waals surface area contributed by atoms with Crippen molar-refractivity contribution in [2.24, 2.45) is 5.92 Å². The number of allylic oxidation sites excluding steroid dienone is 3. The van der Waals surface area contributed by atoms with Crippen molar-refractivity contribution in [1.82, 2.24) is 0 Å². The smallest absolute Gasteiger partial charge is 0.0169 e. The van der Waals surface area contributed by atoms with Gasteiger partial charge >= 0.3 is 0 Å². The van der Waals surface area contributed by atoms with E-state index in [0.29, 0.717) is 0 Å². The number of rotatable bonds is 3. The Morgan fingerprint density at radius 3 is 3.00 bits per heavy atom. The lowest BCUT2D eigenvalue weighted by Gasteiger charge is -2.24. The van der Waals surface area contributed by atoms with E-state index >= 15 is 0 Å². The molecular formula is C12H20. The zero-order valence-corrected chi connectivity index (χ0v) is 8.18. The van der Waals surface area contributed by atoms with E-state index in [2.05, 4.69) is 25.7 Å². The predicted molar refractivity (Wildman–Crippen MR) is 55.1 cm³/mol. The molecule has 0 aromatic heterocycles. The molecule has 1 aliphatic rings. The molecule has 1 rings (SSSR count). The van der Waals surface area contributed by atoms with Gasteiger partial charge in [-0.2, -0.15) is 0 Å². The van der Waals surface area contributed by atoms with E-state index in [-0.39, 0.29) is 0 Å². The maximum atomic E-state index is 3.82. The molecule has 1 saturated carbocycles. The highest BCUT2D eigenvalue weighted by Gasteiger charge is 2.16. The number of hydrogen-bond donors (Lipinski definition) is 0. The van der Waals surface area contributed by atoms with Crippen molar-refractivity contribution >= 4 is 0 Å². The van der Waals surface area contributed by atoms with Crippen molar-refractivity contribution in [3.05, 3.63) is 24.3 Å². The monoisotopic (exact) mass is 164 g/mol. The van der Waals surface area contributed by atoms with Crippen LogP contribution in [-0.2, 0) is 0 Å². The molecule has 68 valence electrons. The van der Waals surface area contributed by atoms with Crippen LogP contribution in [-0.4, -0.2) is 0 Å². The molecule has 0 N–H and O–H groups in total. The Labute approximate surface area is 76.4 Å². The van der Waals surface area contributed by atoms with Gasteiger partial charge in [0.05, 0.1) is 0 Å². The van der Waals surface area contributed by atoms with Gasteiger partial charge in [-0.3, -0.25) is 0 Å². The van der Waals surface area contributed by atoms with Crippen molar-refractivity contribution in [1.29, 1.82) is 0 Å². The Balaban J connectivity index is 2.53. The molecule has 0 aromatic rings. The fraction of sp³-hybridized carbons (Fsp3) is 0.667. The first kappa shape index (κ1) is 9.57. The van der Waals surface area contributed by atoms with Crippen molar-refractivity contribution in [3.63, 3.8) is 0 Å². The summed E-state index contributed by atoms with van der Waals surface area (Å²) in [5.41, 5.74) is 1.70. The van der Waals surface area contributed by atoms with Crippen LogP contribution in [0.25, 0.3) is 0 Å². The first-order chi connectivity index (χ1) is 5.88. The van der Waals surface area contributed by atoms with Gasteiger partial charge in [0.2, 0.25) is 0 Å². The Morgan fingerprint density at radius 2 is 2.33 bits per heavy atom. The summed E-state index contributed by atoms with van der Waals surface area (Å²) >= 11 is 0. The largest absolute Gasteiger partial charge is 0.103 e. The molecular weight excluding hydrogens is 144 g/mol. The van der Waals surface area contributed by atoms with E-state index in [9.17, 15) is 0 Å². The van der Waals surface area contributed by atoms with E-state index in [0.717, 1.165) is 5.92 Å². The predicted octanol–water partition coefficient (Wildman–Crippen LogP) is 4.09. The molecule has 12 heavy (non-hydrogen) atoms. The van der Waals surface area contributed by atoms with Crippen LogP contribution in [0.5, 0.6) is 0 Å². The number of hydrogen-bond acceptors (Lipinski definition) is 0. The third-order valence-electron chi connectivity index (χ3n) is 2.71. The zero-order chi connectivity index (χ0) is 8.81. The van der Waals surface area contributed by atoms with E-state index in [1.807, 2.05) is 0 Å². The fourth-order valence-corrected chi connectivity index (χ4v) is 2.11. The molecule has 0 aromatic carbocycles. The Hall–Kier alpha value is -0.520. The SMILES string of the molecule is C=CCC1CCCC/C1=C\CC. The quantitative estimate of drug-likeness (QED) is 0.551. The molecule has 0 amide bonds. The summed E-state index contributed by atoms with van der Waals surface area (Å²) in [6, 6.07) is 0. The molecule has 1 unspecified atom stereocenters. The summed E-state index contributed by atoms with van der Waals surface area (Å²) in [4.78, 5) is 0. The Kier molecular flexibility index (Phi) is 4.13. The van der Waals surface area contributed by atoms with Crippen LogP contribution in [0.15, 0.2) is 24.3 Å². The fourth-order valence-electron chi connectivity index (χ4n) is 2.11. The summed E-state index contributed by atoms with van der Waals surface area (Å²) in [6.07, 6.45) is 12.4. The second-order valence-corrected chi connectivity index (χ2v) is 3.65. The minimum atomic E-state index is 0.830. The van der Waals surface area contributed by atoms with Gasteiger partial charge in [0.15, 0.2) is 0 Å². The molecule has 1 atom stereocenters.